The van der Waals surface area contributed by atoms with Gasteiger partial charge in [-0.25, -0.2) is 0 Å². The van der Waals surface area contributed by atoms with E-state index in [2.05, 4.69) is 95.4 Å². The highest BCUT2D eigenvalue weighted by molar-refractivity contribution is 5.89. The van der Waals surface area contributed by atoms with Gasteiger partial charge >= 0.3 is 0 Å². The van der Waals surface area contributed by atoms with Gasteiger partial charge in [-0.1, -0.05) is 77.9 Å². The third kappa shape index (κ3) is 14.0. The quantitative estimate of drug-likeness (QED) is 0.122. The molecule has 0 bridgehead atoms. The lowest BCUT2D eigenvalue weighted by Crippen LogP contribution is -2.30. The van der Waals surface area contributed by atoms with E-state index < -0.39 is 0 Å². The zero-order chi connectivity index (χ0) is 39.8. The summed E-state index contributed by atoms with van der Waals surface area (Å²) in [7, 11) is 0. The van der Waals surface area contributed by atoms with Crippen LogP contribution >= 0.6 is 0 Å². The molecular weight excluding hydrogens is 681 g/mol. The fraction of sp³-hybridized carbons (Fsp3) is 0.521. The molecule has 2 aliphatic rings. The van der Waals surface area contributed by atoms with Crippen molar-refractivity contribution in [1.82, 2.24) is 5.32 Å². The van der Waals surface area contributed by atoms with Gasteiger partial charge in [0.05, 0.1) is 24.3 Å². The van der Waals surface area contributed by atoms with Gasteiger partial charge in [0.2, 0.25) is 0 Å². The van der Waals surface area contributed by atoms with E-state index in [-0.39, 0.29) is 0 Å². The van der Waals surface area contributed by atoms with Crippen LogP contribution < -0.4 is 20.5 Å². The number of nitrogens with one attached hydrogen (secondary N) is 1. The maximum atomic E-state index is 10.9. The van der Waals surface area contributed by atoms with E-state index in [1.807, 2.05) is 36.4 Å². The number of hydrogen-bond donors (Lipinski definition) is 2. The maximum Gasteiger partial charge on any atom is 0.150 e. The van der Waals surface area contributed by atoms with E-state index in [4.69, 9.17) is 25.7 Å². The van der Waals surface area contributed by atoms with Crippen LogP contribution in [0, 0.1) is 45.3 Å². The second-order valence-electron chi connectivity index (χ2n) is 17.4. The smallest absolute Gasteiger partial charge is 0.150 e. The van der Waals surface area contributed by atoms with Gasteiger partial charge in [0.1, 0.15) is 17.8 Å². The lowest BCUT2D eigenvalue weighted by molar-refractivity contribution is 0.0881. The molecule has 0 radical (unpaired) electrons. The van der Waals surface area contributed by atoms with Crippen LogP contribution in [0.5, 0.6) is 11.5 Å². The molecule has 0 saturated heterocycles. The summed E-state index contributed by atoms with van der Waals surface area (Å²) in [6.07, 6.45) is 12.2. The van der Waals surface area contributed by atoms with Crippen LogP contribution in [-0.2, 0) is 6.54 Å². The van der Waals surface area contributed by atoms with Gasteiger partial charge in [0.25, 0.3) is 0 Å². The van der Waals surface area contributed by atoms with E-state index >= 15 is 0 Å². The first-order chi connectivity index (χ1) is 26.3. The topological polar surface area (TPSA) is 121 Å². The van der Waals surface area contributed by atoms with Gasteiger partial charge in [-0.2, -0.15) is 10.5 Å². The van der Waals surface area contributed by atoms with Gasteiger partial charge in [-0.05, 0) is 138 Å². The Bertz CT molecular complexity index is 1880. The molecule has 0 aromatic heterocycles. The Morgan fingerprint density at radius 1 is 0.655 bits per heavy atom. The molecule has 0 aliphatic heterocycles. The molecule has 4 aromatic carbocycles. The molecule has 294 valence electrons. The third-order valence-electron chi connectivity index (χ3n) is 11.3. The van der Waals surface area contributed by atoms with Crippen molar-refractivity contribution < 1.29 is 14.3 Å². The summed E-state index contributed by atoms with van der Waals surface area (Å²) in [6, 6.07) is 28.9. The number of rotatable bonds is 10. The number of fused-ring (bicyclic) bond motifs is 2. The summed E-state index contributed by atoms with van der Waals surface area (Å²) < 4.78 is 12.5. The lowest BCUT2D eigenvalue weighted by Gasteiger charge is -2.37. The highest BCUT2D eigenvalue weighted by Gasteiger charge is 2.31. The number of carbonyl (C=O) groups is 1. The van der Waals surface area contributed by atoms with Crippen LogP contribution in [0.2, 0.25) is 0 Å². The predicted molar refractivity (Wildman–Crippen MR) is 226 cm³/mol. The second kappa shape index (κ2) is 21.0. The number of hydrogen-bond acceptors (Lipinski definition) is 7. The molecule has 2 aliphatic carbocycles. The van der Waals surface area contributed by atoms with Crippen molar-refractivity contribution in [3.8, 4) is 23.6 Å². The van der Waals surface area contributed by atoms with Crippen molar-refractivity contribution in [2.24, 2.45) is 28.4 Å². The number of nitriles is 2. The second-order valence-corrected chi connectivity index (χ2v) is 17.4. The zero-order valence-electron chi connectivity index (χ0n) is 34.2. The van der Waals surface area contributed by atoms with Crippen LogP contribution in [0.4, 0.5) is 0 Å². The van der Waals surface area contributed by atoms with Crippen LogP contribution in [-0.4, -0.2) is 31.6 Å². The number of carbonyl (C=O) groups excluding carboxylic acids is 1. The van der Waals surface area contributed by atoms with Crippen molar-refractivity contribution in [3.63, 3.8) is 0 Å². The molecule has 0 unspecified atom stereocenters. The zero-order valence-corrected chi connectivity index (χ0v) is 34.2. The number of benzene rings is 4. The lowest BCUT2D eigenvalue weighted by atomic mass is 9.72. The van der Waals surface area contributed by atoms with Crippen molar-refractivity contribution in [2.45, 2.75) is 125 Å². The predicted octanol–water partition coefficient (Wildman–Crippen LogP) is 11.3. The number of aldehydes is 1. The highest BCUT2D eigenvalue weighted by Crippen LogP contribution is 2.40. The molecular formula is C48H64N4O3. The summed E-state index contributed by atoms with van der Waals surface area (Å²) in [5.74, 6) is 3.55. The molecule has 55 heavy (non-hydrogen) atoms. The Balaban J connectivity index is 0.000000220. The molecule has 0 heterocycles. The van der Waals surface area contributed by atoms with Crippen LogP contribution in [0.3, 0.4) is 0 Å². The first-order valence-corrected chi connectivity index (χ1v) is 20.3. The standard InChI is InChI=1S/C24H32N2O.C21H26O2.C3H6N2/c1-24(2,3)21-8-11-22(12-9-21)27-23-10-7-19-15-18(5-6-20(19)16-23)17-26-14-4-13-25;1-21(2,3)18-7-10-19(11-8-18)23-20-9-6-16-12-15(14-22)4-5-17(16)13-20;4-2-1-3-5/h5-7,10,15-16,21-22,26H,4,8-9,11-12,14,17H2,1-3H3;4-6,9,12-14,18-19H,7-8,10-11H2,1-3H3;1-2,4H2. The van der Waals surface area contributed by atoms with Gasteiger partial charge in [0, 0.05) is 38.0 Å². The van der Waals surface area contributed by atoms with Gasteiger partial charge < -0.3 is 20.5 Å². The number of ether oxygens (including phenoxy) is 2. The monoisotopic (exact) mass is 744 g/mol. The van der Waals surface area contributed by atoms with Gasteiger partial charge in [0.15, 0.2) is 0 Å². The summed E-state index contributed by atoms with van der Waals surface area (Å²) in [6.45, 7) is 16.1. The highest BCUT2D eigenvalue weighted by atomic mass is 16.5. The summed E-state index contributed by atoms with van der Waals surface area (Å²) >= 11 is 0. The average molecular weight is 745 g/mol. The summed E-state index contributed by atoms with van der Waals surface area (Å²) in [4.78, 5) is 10.9. The summed E-state index contributed by atoms with van der Waals surface area (Å²) in [5, 5.41) is 24.3. The minimum absolute atomic E-state index is 0.334. The fourth-order valence-corrected chi connectivity index (χ4v) is 7.77. The molecule has 7 nitrogen and oxygen atoms in total. The normalized spacial score (nSPS) is 19.8. The minimum atomic E-state index is 0.334. The first kappa shape index (κ1) is 43.3. The van der Waals surface area contributed by atoms with Crippen LogP contribution in [0.15, 0.2) is 72.8 Å². The Kier molecular flexibility index (Phi) is 16.6. The molecule has 0 amide bonds. The minimum Gasteiger partial charge on any atom is -0.490 e. The molecule has 0 spiro atoms. The largest absolute Gasteiger partial charge is 0.490 e. The van der Waals surface area contributed by atoms with Crippen LogP contribution in [0.1, 0.15) is 122 Å². The first-order valence-electron chi connectivity index (χ1n) is 20.3. The fourth-order valence-electron chi connectivity index (χ4n) is 7.77. The molecule has 3 N–H and O–H groups in total. The van der Waals surface area contributed by atoms with E-state index in [1.54, 1.807) is 0 Å². The summed E-state index contributed by atoms with van der Waals surface area (Å²) in [5.41, 5.74) is 7.69. The van der Waals surface area contributed by atoms with Crippen molar-refractivity contribution in [2.75, 3.05) is 13.1 Å². The van der Waals surface area contributed by atoms with Crippen LogP contribution in [0.25, 0.3) is 21.5 Å². The van der Waals surface area contributed by atoms with Gasteiger partial charge in [-0.15, -0.1) is 0 Å². The van der Waals surface area contributed by atoms with Crippen molar-refractivity contribution in [3.05, 3.63) is 83.9 Å². The SMILES string of the molecule is CC(C)(C)C1CCC(Oc2ccc3cc(C=O)ccc3c2)CC1.CC(C)(C)C1CCC(Oc2ccc3cc(CNCCC#N)ccc3c2)CC1.N#CCCN. The van der Waals surface area contributed by atoms with Crippen molar-refractivity contribution >= 4 is 27.8 Å². The Hall–Kier alpha value is -4.43. The van der Waals surface area contributed by atoms with E-state index in [0.29, 0.717) is 48.0 Å². The molecule has 2 fully saturated rings. The van der Waals surface area contributed by atoms with E-state index in [1.165, 1.54) is 42.0 Å². The average Bonchev–Trinajstić information content (AvgIpc) is 3.17. The molecule has 2 saturated carbocycles. The molecule has 4 aromatic rings. The molecule has 6 rings (SSSR count). The molecule has 0 atom stereocenters. The third-order valence-corrected chi connectivity index (χ3v) is 11.3. The Morgan fingerprint density at radius 3 is 1.55 bits per heavy atom. The van der Waals surface area contributed by atoms with E-state index in [9.17, 15) is 4.79 Å². The molecule has 7 heteroatoms. The van der Waals surface area contributed by atoms with E-state index in [0.717, 1.165) is 79.2 Å². The maximum absolute atomic E-state index is 10.9. The Labute approximate surface area is 330 Å². The van der Waals surface area contributed by atoms with Crippen molar-refractivity contribution in [1.29, 1.82) is 10.5 Å². The number of nitrogens with two attached hydrogens (primary N) is 1. The Morgan fingerprint density at radius 2 is 1.11 bits per heavy atom. The number of nitrogens with zero attached hydrogens (tertiary/aromatic N) is 2. The van der Waals surface area contributed by atoms with Gasteiger partial charge in [-0.3, -0.25) is 4.79 Å².